The van der Waals surface area contributed by atoms with Crippen LogP contribution in [-0.2, 0) is 22.5 Å². The second-order valence-electron chi connectivity index (χ2n) is 7.23. The van der Waals surface area contributed by atoms with E-state index < -0.39 is 0 Å². The Morgan fingerprint density at radius 3 is 2.97 bits per heavy atom. The van der Waals surface area contributed by atoms with Gasteiger partial charge in [0.2, 0.25) is 5.91 Å². The highest BCUT2D eigenvalue weighted by atomic mass is 16.5. The van der Waals surface area contributed by atoms with E-state index in [2.05, 4.69) is 15.3 Å². The number of benzene rings is 1. The Morgan fingerprint density at radius 1 is 1.31 bits per heavy atom. The lowest BCUT2D eigenvalue weighted by molar-refractivity contribution is -0.120. The molecule has 2 amide bonds. The van der Waals surface area contributed by atoms with Crippen LogP contribution >= 0.6 is 0 Å². The van der Waals surface area contributed by atoms with Crippen LogP contribution in [0.25, 0.3) is 10.9 Å². The fourth-order valence-corrected chi connectivity index (χ4v) is 3.83. The van der Waals surface area contributed by atoms with Gasteiger partial charge in [0.05, 0.1) is 30.3 Å². The third kappa shape index (κ3) is 3.75. The van der Waals surface area contributed by atoms with Crippen LogP contribution in [0.4, 0.5) is 0 Å². The number of nitrogens with one attached hydrogen (secondary N) is 2. The van der Waals surface area contributed by atoms with Crippen molar-refractivity contribution in [1.29, 1.82) is 0 Å². The van der Waals surface area contributed by atoms with E-state index in [4.69, 9.17) is 4.74 Å². The highest BCUT2D eigenvalue weighted by molar-refractivity contribution is 6.06. The second-order valence-corrected chi connectivity index (χ2v) is 7.23. The van der Waals surface area contributed by atoms with Gasteiger partial charge >= 0.3 is 0 Å². The molecule has 0 radical (unpaired) electrons. The number of hydrogen-bond acceptors (Lipinski definition) is 4. The van der Waals surface area contributed by atoms with Crippen LogP contribution in [0.15, 0.2) is 36.7 Å². The van der Waals surface area contributed by atoms with Crippen LogP contribution in [0, 0.1) is 0 Å². The number of H-pyrrole nitrogens is 1. The quantitative estimate of drug-likeness (QED) is 0.624. The number of hydrogen-bond donors (Lipinski definition) is 2. The van der Waals surface area contributed by atoms with E-state index in [0.29, 0.717) is 37.5 Å². The average molecular weight is 395 g/mol. The van der Waals surface area contributed by atoms with E-state index in [-0.39, 0.29) is 24.3 Å². The van der Waals surface area contributed by atoms with Crippen molar-refractivity contribution in [2.75, 3.05) is 26.8 Å². The highest BCUT2D eigenvalue weighted by Crippen LogP contribution is 2.28. The highest BCUT2D eigenvalue weighted by Gasteiger charge is 2.31. The van der Waals surface area contributed by atoms with Crippen LogP contribution < -0.4 is 5.32 Å². The van der Waals surface area contributed by atoms with Gasteiger partial charge in [-0.3, -0.25) is 9.59 Å². The number of aromatic nitrogens is 3. The monoisotopic (exact) mass is 395 g/mol. The summed E-state index contributed by atoms with van der Waals surface area (Å²) in [6, 6.07) is 7.62. The number of aromatic amines is 1. The van der Waals surface area contributed by atoms with Crippen LogP contribution in [-0.4, -0.2) is 58.1 Å². The van der Waals surface area contributed by atoms with Gasteiger partial charge in [0.15, 0.2) is 0 Å². The normalized spacial score (nSPS) is 16.1. The number of rotatable bonds is 6. The first-order valence-electron chi connectivity index (χ1n) is 9.77. The maximum atomic E-state index is 13.2. The molecule has 0 unspecified atom stereocenters. The van der Waals surface area contributed by atoms with E-state index in [0.717, 1.165) is 16.7 Å². The molecule has 1 aliphatic rings. The maximum Gasteiger partial charge on any atom is 0.256 e. The molecule has 8 nitrogen and oxygen atoms in total. The summed E-state index contributed by atoms with van der Waals surface area (Å²) in [4.78, 5) is 34.9. The number of methoxy groups -OCH3 is 1. The van der Waals surface area contributed by atoms with Crippen molar-refractivity contribution in [1.82, 2.24) is 24.8 Å². The van der Waals surface area contributed by atoms with Crippen molar-refractivity contribution < 1.29 is 14.3 Å². The van der Waals surface area contributed by atoms with Gasteiger partial charge in [-0.2, -0.15) is 0 Å². The van der Waals surface area contributed by atoms with Gasteiger partial charge in [-0.25, -0.2) is 4.98 Å². The molecule has 0 spiro atoms. The molecule has 2 N–H and O–H groups in total. The molecule has 1 aliphatic heterocycles. The largest absolute Gasteiger partial charge is 0.383 e. The zero-order chi connectivity index (χ0) is 20.4. The number of nitrogens with zero attached hydrogens (tertiary/aromatic N) is 3. The lowest BCUT2D eigenvalue weighted by atomic mass is 10.1. The Morgan fingerprint density at radius 2 is 2.14 bits per heavy atom. The minimum Gasteiger partial charge on any atom is -0.383 e. The number of carbonyl (C=O) groups is 2. The van der Waals surface area contributed by atoms with Crippen molar-refractivity contribution in [2.45, 2.75) is 25.9 Å². The first-order chi connectivity index (χ1) is 14.1. The summed E-state index contributed by atoms with van der Waals surface area (Å²) in [7, 11) is 1.60. The molecule has 4 rings (SSSR count). The third-order valence-electron chi connectivity index (χ3n) is 5.33. The van der Waals surface area contributed by atoms with E-state index in [1.807, 2.05) is 46.9 Å². The molecule has 1 atom stereocenters. The molecular formula is C21H25N5O3. The number of amides is 2. The van der Waals surface area contributed by atoms with Crippen molar-refractivity contribution in [2.24, 2.45) is 0 Å². The minimum absolute atomic E-state index is 0.0111. The van der Waals surface area contributed by atoms with Crippen molar-refractivity contribution in [3.63, 3.8) is 0 Å². The number of carbonyl (C=O) groups excluding carboxylic acids is 2. The van der Waals surface area contributed by atoms with E-state index in [1.54, 1.807) is 13.3 Å². The lowest BCUT2D eigenvalue weighted by Crippen LogP contribution is -2.41. The summed E-state index contributed by atoms with van der Waals surface area (Å²) in [5, 5.41) is 3.73. The SMILES string of the molecule is COCCNC(=O)Cc1cn2c(n1)[C@@H](C)N(C(=O)c1c[nH]c3ccccc13)CC2. The Hall–Kier alpha value is -3.13. The number of para-hydroxylation sites is 1. The van der Waals surface area contributed by atoms with Gasteiger partial charge in [-0.05, 0) is 13.0 Å². The smallest absolute Gasteiger partial charge is 0.256 e. The Kier molecular flexibility index (Phi) is 5.35. The summed E-state index contributed by atoms with van der Waals surface area (Å²) in [5.41, 5.74) is 2.33. The molecule has 152 valence electrons. The average Bonchev–Trinajstić information content (AvgIpc) is 3.32. The van der Waals surface area contributed by atoms with Gasteiger partial charge in [0.1, 0.15) is 5.82 Å². The van der Waals surface area contributed by atoms with E-state index in [9.17, 15) is 9.59 Å². The molecule has 0 saturated heterocycles. The van der Waals surface area contributed by atoms with Gasteiger partial charge in [-0.15, -0.1) is 0 Å². The van der Waals surface area contributed by atoms with Crippen molar-refractivity contribution in [3.8, 4) is 0 Å². The molecule has 1 aromatic carbocycles. The summed E-state index contributed by atoms with van der Waals surface area (Å²) in [6.45, 7) is 4.20. The predicted molar refractivity (Wildman–Crippen MR) is 109 cm³/mol. The Labute approximate surface area is 168 Å². The standard InChI is InChI=1S/C21H25N5O3/c1-14-20-24-15(11-19(27)22-7-10-29-2)13-25(20)8-9-26(14)21(28)17-12-23-18-6-4-3-5-16(17)18/h3-6,12-14,23H,7-11H2,1-2H3,(H,22,27)/t14-/m1/s1. The number of ether oxygens (including phenoxy) is 1. The number of fused-ring (bicyclic) bond motifs is 2. The van der Waals surface area contributed by atoms with Gasteiger partial charge in [0.25, 0.3) is 5.91 Å². The molecular weight excluding hydrogens is 370 g/mol. The first kappa shape index (κ1) is 19.2. The van der Waals surface area contributed by atoms with E-state index >= 15 is 0 Å². The Balaban J connectivity index is 1.49. The summed E-state index contributed by atoms with van der Waals surface area (Å²) in [5.74, 6) is 0.712. The van der Waals surface area contributed by atoms with Gasteiger partial charge < -0.3 is 24.5 Å². The molecule has 2 aromatic heterocycles. The predicted octanol–water partition coefficient (Wildman–Crippen LogP) is 1.89. The van der Waals surface area contributed by atoms with Crippen molar-refractivity contribution in [3.05, 3.63) is 53.7 Å². The van der Waals surface area contributed by atoms with Gasteiger partial charge in [-0.1, -0.05) is 18.2 Å². The maximum absolute atomic E-state index is 13.2. The second kappa shape index (κ2) is 8.08. The van der Waals surface area contributed by atoms with Crippen LogP contribution in [0.1, 0.15) is 34.8 Å². The molecule has 0 fully saturated rings. The Bertz CT molecular complexity index is 1040. The minimum atomic E-state index is -0.171. The topological polar surface area (TPSA) is 92.2 Å². The van der Waals surface area contributed by atoms with E-state index in [1.165, 1.54) is 0 Å². The zero-order valence-corrected chi connectivity index (χ0v) is 16.6. The van der Waals surface area contributed by atoms with Crippen LogP contribution in [0.3, 0.4) is 0 Å². The molecule has 8 heteroatoms. The third-order valence-corrected chi connectivity index (χ3v) is 5.33. The molecule has 3 aromatic rings. The first-order valence-corrected chi connectivity index (χ1v) is 9.77. The van der Waals surface area contributed by atoms with Crippen LogP contribution in [0.2, 0.25) is 0 Å². The molecule has 0 bridgehead atoms. The summed E-state index contributed by atoms with van der Waals surface area (Å²) >= 11 is 0. The number of imidazole rings is 1. The summed E-state index contributed by atoms with van der Waals surface area (Å²) in [6.07, 6.45) is 3.90. The fourth-order valence-electron chi connectivity index (χ4n) is 3.83. The zero-order valence-electron chi connectivity index (χ0n) is 16.6. The molecule has 3 heterocycles. The van der Waals surface area contributed by atoms with Crippen LogP contribution in [0.5, 0.6) is 0 Å². The fraction of sp³-hybridized carbons (Fsp3) is 0.381. The molecule has 29 heavy (non-hydrogen) atoms. The lowest BCUT2D eigenvalue weighted by Gasteiger charge is -2.33. The molecule has 0 aliphatic carbocycles. The summed E-state index contributed by atoms with van der Waals surface area (Å²) < 4.78 is 6.98. The molecule has 0 saturated carbocycles. The van der Waals surface area contributed by atoms with Crippen molar-refractivity contribution >= 4 is 22.7 Å². The van der Waals surface area contributed by atoms with Gasteiger partial charge in [0, 0.05) is 50.0 Å².